The summed E-state index contributed by atoms with van der Waals surface area (Å²) in [4.78, 5) is 13.6. The molecule has 4 heteroatoms. The smallest absolute Gasteiger partial charge is 0.320 e. The molecule has 1 fully saturated rings. The van der Waals surface area contributed by atoms with Crippen LogP contribution in [0.5, 0.6) is 5.75 Å². The summed E-state index contributed by atoms with van der Waals surface area (Å²) in [6.07, 6.45) is 2.27. The number of esters is 1. The van der Waals surface area contributed by atoms with Crippen LogP contribution in [0, 0.1) is 0 Å². The molecule has 0 atom stereocenters. The van der Waals surface area contributed by atoms with Gasteiger partial charge in [0.15, 0.2) is 0 Å². The van der Waals surface area contributed by atoms with Gasteiger partial charge in [0.1, 0.15) is 5.75 Å². The Morgan fingerprint density at radius 3 is 2.89 bits per heavy atom. The molecule has 0 amide bonds. The number of hydrogen-bond acceptors (Lipinski definition) is 4. The first-order valence-corrected chi connectivity index (χ1v) is 6.36. The van der Waals surface area contributed by atoms with Gasteiger partial charge in [-0.2, -0.15) is 0 Å². The molecule has 0 radical (unpaired) electrons. The topological polar surface area (TPSA) is 49.8 Å². The lowest BCUT2D eigenvalue weighted by Gasteiger charge is -2.20. The van der Waals surface area contributed by atoms with Crippen molar-refractivity contribution >= 4 is 5.97 Å². The molecule has 1 N–H and O–H groups in total. The monoisotopic (exact) mass is 249 g/mol. The third kappa shape index (κ3) is 3.74. The standard InChI is InChI=1S/C14H19NO3/c1-2-18-14(17)10-15(12-6-7-12)9-11-4-3-5-13(16)8-11/h3-5,8,12,16H,2,6-7,9-10H2,1H3. The quantitative estimate of drug-likeness (QED) is 0.783. The number of hydrogen-bond donors (Lipinski definition) is 1. The fourth-order valence-electron chi connectivity index (χ4n) is 2.02. The summed E-state index contributed by atoms with van der Waals surface area (Å²) in [7, 11) is 0. The Morgan fingerprint density at radius 2 is 2.28 bits per heavy atom. The Labute approximate surface area is 107 Å². The number of phenols is 1. The first-order chi connectivity index (χ1) is 8.69. The summed E-state index contributed by atoms with van der Waals surface area (Å²) < 4.78 is 4.98. The number of aromatic hydroxyl groups is 1. The summed E-state index contributed by atoms with van der Waals surface area (Å²) in [5.74, 6) is 0.0870. The van der Waals surface area contributed by atoms with E-state index in [-0.39, 0.29) is 11.7 Å². The Balaban J connectivity index is 1.96. The molecule has 2 rings (SSSR count). The van der Waals surface area contributed by atoms with E-state index in [0.717, 1.165) is 18.4 Å². The average Bonchev–Trinajstić information content (AvgIpc) is 3.12. The minimum Gasteiger partial charge on any atom is -0.508 e. The van der Waals surface area contributed by atoms with Crippen molar-refractivity contribution in [3.8, 4) is 5.75 Å². The fraction of sp³-hybridized carbons (Fsp3) is 0.500. The van der Waals surface area contributed by atoms with Crippen LogP contribution in [-0.4, -0.2) is 35.2 Å². The van der Waals surface area contributed by atoms with Crippen LogP contribution in [0.2, 0.25) is 0 Å². The van der Waals surface area contributed by atoms with Gasteiger partial charge in [0.2, 0.25) is 0 Å². The van der Waals surface area contributed by atoms with E-state index >= 15 is 0 Å². The van der Waals surface area contributed by atoms with Gasteiger partial charge in [-0.15, -0.1) is 0 Å². The van der Waals surface area contributed by atoms with Crippen LogP contribution in [0.1, 0.15) is 25.3 Å². The zero-order valence-corrected chi connectivity index (χ0v) is 10.6. The average molecular weight is 249 g/mol. The van der Waals surface area contributed by atoms with Gasteiger partial charge >= 0.3 is 5.97 Å². The summed E-state index contributed by atoms with van der Waals surface area (Å²) in [5.41, 5.74) is 1.02. The molecule has 1 aliphatic rings. The van der Waals surface area contributed by atoms with Crippen molar-refractivity contribution in [2.45, 2.75) is 32.4 Å². The van der Waals surface area contributed by atoms with Crippen LogP contribution < -0.4 is 0 Å². The molecule has 0 bridgehead atoms. The molecular weight excluding hydrogens is 230 g/mol. The highest BCUT2D eigenvalue weighted by molar-refractivity contribution is 5.71. The van der Waals surface area contributed by atoms with E-state index in [4.69, 9.17) is 4.74 Å². The molecule has 0 heterocycles. The Bertz CT molecular complexity index is 415. The molecule has 4 nitrogen and oxygen atoms in total. The maximum Gasteiger partial charge on any atom is 0.320 e. The van der Waals surface area contributed by atoms with Crippen molar-refractivity contribution in [1.82, 2.24) is 4.90 Å². The van der Waals surface area contributed by atoms with E-state index < -0.39 is 0 Å². The number of benzene rings is 1. The molecular formula is C14H19NO3. The zero-order valence-electron chi connectivity index (χ0n) is 10.6. The minimum absolute atomic E-state index is 0.176. The third-order valence-electron chi connectivity index (χ3n) is 3.00. The summed E-state index contributed by atoms with van der Waals surface area (Å²) in [5, 5.41) is 9.44. The molecule has 18 heavy (non-hydrogen) atoms. The molecule has 1 aliphatic carbocycles. The number of carbonyl (C=O) groups is 1. The van der Waals surface area contributed by atoms with E-state index in [9.17, 15) is 9.90 Å². The Morgan fingerprint density at radius 1 is 1.50 bits per heavy atom. The molecule has 1 aromatic rings. The maximum atomic E-state index is 11.5. The lowest BCUT2D eigenvalue weighted by molar-refractivity contribution is -0.144. The Hall–Kier alpha value is -1.55. The Kier molecular flexibility index (Phi) is 4.20. The van der Waals surface area contributed by atoms with Crippen LogP contribution in [-0.2, 0) is 16.1 Å². The first-order valence-electron chi connectivity index (χ1n) is 6.36. The molecule has 1 aromatic carbocycles. The molecule has 0 unspecified atom stereocenters. The van der Waals surface area contributed by atoms with E-state index in [1.165, 1.54) is 0 Å². The summed E-state index contributed by atoms with van der Waals surface area (Å²) in [6, 6.07) is 7.65. The van der Waals surface area contributed by atoms with Crippen LogP contribution in [0.15, 0.2) is 24.3 Å². The van der Waals surface area contributed by atoms with Crippen LogP contribution in [0.25, 0.3) is 0 Å². The lowest BCUT2D eigenvalue weighted by atomic mass is 10.2. The number of ether oxygens (including phenoxy) is 1. The third-order valence-corrected chi connectivity index (χ3v) is 3.00. The highest BCUT2D eigenvalue weighted by atomic mass is 16.5. The van der Waals surface area contributed by atoms with Crippen molar-refractivity contribution in [3.63, 3.8) is 0 Å². The zero-order chi connectivity index (χ0) is 13.0. The minimum atomic E-state index is -0.176. The number of phenolic OH excluding ortho intramolecular Hbond substituents is 1. The van der Waals surface area contributed by atoms with Gasteiger partial charge in [-0.1, -0.05) is 12.1 Å². The van der Waals surface area contributed by atoms with Gasteiger partial charge in [-0.25, -0.2) is 0 Å². The van der Waals surface area contributed by atoms with E-state index in [1.54, 1.807) is 12.1 Å². The molecule has 98 valence electrons. The predicted molar refractivity (Wildman–Crippen MR) is 68.2 cm³/mol. The van der Waals surface area contributed by atoms with Gasteiger partial charge < -0.3 is 9.84 Å². The van der Waals surface area contributed by atoms with Gasteiger partial charge in [-0.05, 0) is 37.5 Å². The van der Waals surface area contributed by atoms with Crippen molar-refractivity contribution in [3.05, 3.63) is 29.8 Å². The molecule has 0 spiro atoms. The first kappa shape index (κ1) is 12.9. The lowest BCUT2D eigenvalue weighted by Crippen LogP contribution is -2.32. The van der Waals surface area contributed by atoms with Gasteiger partial charge in [-0.3, -0.25) is 9.69 Å². The SMILES string of the molecule is CCOC(=O)CN(Cc1cccc(O)c1)C1CC1. The molecule has 0 saturated heterocycles. The highest BCUT2D eigenvalue weighted by Gasteiger charge is 2.30. The van der Waals surface area contributed by atoms with E-state index in [0.29, 0.717) is 25.7 Å². The molecule has 0 aliphatic heterocycles. The normalized spacial score (nSPS) is 14.8. The predicted octanol–water partition coefficient (Wildman–Crippen LogP) is 1.92. The van der Waals surface area contributed by atoms with Crippen molar-refractivity contribution in [1.29, 1.82) is 0 Å². The highest BCUT2D eigenvalue weighted by Crippen LogP contribution is 2.28. The van der Waals surface area contributed by atoms with Crippen molar-refractivity contribution < 1.29 is 14.6 Å². The van der Waals surface area contributed by atoms with Crippen molar-refractivity contribution in [2.24, 2.45) is 0 Å². The summed E-state index contributed by atoms with van der Waals surface area (Å²) >= 11 is 0. The van der Waals surface area contributed by atoms with Gasteiger partial charge in [0.25, 0.3) is 0 Å². The van der Waals surface area contributed by atoms with Crippen LogP contribution in [0.4, 0.5) is 0 Å². The second kappa shape index (κ2) is 5.87. The van der Waals surface area contributed by atoms with Crippen molar-refractivity contribution in [2.75, 3.05) is 13.2 Å². The fourth-order valence-corrected chi connectivity index (χ4v) is 2.02. The largest absolute Gasteiger partial charge is 0.508 e. The number of nitrogens with zero attached hydrogens (tertiary/aromatic N) is 1. The number of rotatable bonds is 6. The molecule has 1 saturated carbocycles. The van der Waals surface area contributed by atoms with E-state index in [2.05, 4.69) is 4.90 Å². The second-order valence-electron chi connectivity index (χ2n) is 4.61. The van der Waals surface area contributed by atoms with Gasteiger partial charge in [0.05, 0.1) is 13.2 Å². The van der Waals surface area contributed by atoms with Crippen LogP contribution in [0.3, 0.4) is 0 Å². The van der Waals surface area contributed by atoms with E-state index in [1.807, 2.05) is 19.1 Å². The molecule has 0 aromatic heterocycles. The number of carbonyl (C=O) groups excluding carboxylic acids is 1. The van der Waals surface area contributed by atoms with Gasteiger partial charge in [0, 0.05) is 12.6 Å². The van der Waals surface area contributed by atoms with Crippen LogP contribution >= 0.6 is 0 Å². The maximum absolute atomic E-state index is 11.5. The second-order valence-corrected chi connectivity index (χ2v) is 4.61. The summed E-state index contributed by atoms with van der Waals surface area (Å²) in [6.45, 7) is 3.24.